The zero-order chi connectivity index (χ0) is 17.6. The van der Waals surface area contributed by atoms with Gasteiger partial charge in [-0.25, -0.2) is 9.97 Å². The Hall–Kier alpha value is -2.74. The Labute approximate surface area is 144 Å². The Kier molecular flexibility index (Phi) is 3.57. The fraction of sp³-hybridized carbons (Fsp3) is 0.118. The van der Waals surface area contributed by atoms with Crippen molar-refractivity contribution >= 4 is 22.4 Å². The van der Waals surface area contributed by atoms with E-state index in [0.29, 0.717) is 10.7 Å². The molecule has 4 aromatic heterocycles. The normalized spacial score (nSPS) is 12.0. The van der Waals surface area contributed by atoms with Crippen LogP contribution < -0.4 is 0 Å². The number of thiophene rings is 1. The van der Waals surface area contributed by atoms with Gasteiger partial charge in [0.15, 0.2) is 11.5 Å². The first-order valence-corrected chi connectivity index (χ1v) is 8.26. The largest absolute Gasteiger partial charge is 0.417 e. The van der Waals surface area contributed by atoms with Crippen LogP contribution in [0.3, 0.4) is 0 Å². The highest BCUT2D eigenvalue weighted by Crippen LogP contribution is 2.39. The number of hydrogen-bond acceptors (Lipinski definition) is 4. The predicted molar refractivity (Wildman–Crippen MR) is 89.7 cm³/mol. The first-order chi connectivity index (χ1) is 11.9. The smallest absolute Gasteiger partial charge is 0.237 e. The fourth-order valence-corrected chi connectivity index (χ4v) is 3.39. The van der Waals surface area contributed by atoms with E-state index in [1.54, 1.807) is 48.8 Å². The van der Waals surface area contributed by atoms with Crippen molar-refractivity contribution in [2.75, 3.05) is 0 Å². The minimum atomic E-state index is -4.50. The number of nitrogens with zero attached hydrogens (tertiary/aromatic N) is 4. The number of alkyl halides is 3. The minimum Gasteiger partial charge on any atom is -0.237 e. The molecule has 0 atom stereocenters. The molecular formula is C17H11F3N4S. The molecule has 0 aromatic carbocycles. The summed E-state index contributed by atoms with van der Waals surface area (Å²) in [4.78, 5) is 9.30. The summed E-state index contributed by atoms with van der Waals surface area (Å²) in [6.07, 6.45) is -2.94. The van der Waals surface area contributed by atoms with Crippen molar-refractivity contribution in [2.45, 2.75) is 13.1 Å². The molecular weight excluding hydrogens is 349 g/mol. The Bertz CT molecular complexity index is 1040. The van der Waals surface area contributed by atoms with Gasteiger partial charge in [0.2, 0.25) is 0 Å². The van der Waals surface area contributed by atoms with Gasteiger partial charge >= 0.3 is 6.18 Å². The molecule has 4 heterocycles. The summed E-state index contributed by atoms with van der Waals surface area (Å²) in [5.74, 6) is 0.421. The lowest BCUT2D eigenvalue weighted by Crippen LogP contribution is -2.08. The Balaban J connectivity index is 2.09. The summed E-state index contributed by atoms with van der Waals surface area (Å²) in [5.41, 5.74) is -0.0554. The molecule has 0 radical (unpaired) electrons. The fourth-order valence-electron chi connectivity index (χ4n) is 2.70. The number of fused-ring (bicyclic) bond motifs is 1. The second kappa shape index (κ2) is 5.66. The lowest BCUT2D eigenvalue weighted by Gasteiger charge is -2.11. The third-order valence-electron chi connectivity index (χ3n) is 3.76. The molecule has 0 spiro atoms. The van der Waals surface area contributed by atoms with Crippen LogP contribution in [-0.2, 0) is 6.18 Å². The zero-order valence-electron chi connectivity index (χ0n) is 12.9. The zero-order valence-corrected chi connectivity index (χ0v) is 13.8. The second-order valence-corrected chi connectivity index (χ2v) is 6.36. The number of pyridine rings is 2. The Morgan fingerprint density at radius 1 is 1.12 bits per heavy atom. The van der Waals surface area contributed by atoms with Crippen LogP contribution in [0.25, 0.3) is 27.4 Å². The van der Waals surface area contributed by atoms with E-state index in [9.17, 15) is 13.2 Å². The summed E-state index contributed by atoms with van der Waals surface area (Å²) in [6, 6.07) is 9.77. The van der Waals surface area contributed by atoms with Gasteiger partial charge < -0.3 is 0 Å². The van der Waals surface area contributed by atoms with E-state index in [4.69, 9.17) is 0 Å². The highest BCUT2D eigenvalue weighted by molar-refractivity contribution is 7.13. The average molecular weight is 360 g/mol. The van der Waals surface area contributed by atoms with Gasteiger partial charge in [0.25, 0.3) is 0 Å². The van der Waals surface area contributed by atoms with E-state index in [1.165, 1.54) is 16.0 Å². The third kappa shape index (κ3) is 2.68. The number of halogens is 3. The molecule has 0 unspecified atom stereocenters. The maximum atomic E-state index is 13.7. The van der Waals surface area contributed by atoms with Gasteiger partial charge in [-0.1, -0.05) is 12.1 Å². The van der Waals surface area contributed by atoms with E-state index in [2.05, 4.69) is 15.1 Å². The van der Waals surface area contributed by atoms with Crippen molar-refractivity contribution in [1.29, 1.82) is 0 Å². The van der Waals surface area contributed by atoms with Crippen LogP contribution >= 0.6 is 11.3 Å². The maximum Gasteiger partial charge on any atom is 0.417 e. The molecule has 0 N–H and O–H groups in total. The van der Waals surface area contributed by atoms with Crippen molar-refractivity contribution in [3.8, 4) is 16.4 Å². The van der Waals surface area contributed by atoms with Crippen molar-refractivity contribution in [1.82, 2.24) is 19.7 Å². The molecule has 0 aliphatic carbocycles. The summed E-state index contributed by atoms with van der Waals surface area (Å²) < 4.78 is 42.3. The monoisotopic (exact) mass is 360 g/mol. The van der Waals surface area contributed by atoms with E-state index >= 15 is 0 Å². The number of aryl methyl sites for hydroxylation is 1. The highest BCUT2D eigenvalue weighted by atomic mass is 32.1. The van der Waals surface area contributed by atoms with Crippen LogP contribution in [-0.4, -0.2) is 19.7 Å². The second-order valence-electron chi connectivity index (χ2n) is 5.41. The summed E-state index contributed by atoms with van der Waals surface area (Å²) in [6.45, 7) is 1.55. The van der Waals surface area contributed by atoms with E-state index in [1.807, 2.05) is 0 Å². The van der Waals surface area contributed by atoms with E-state index in [0.717, 1.165) is 6.07 Å². The molecule has 126 valence electrons. The van der Waals surface area contributed by atoms with Gasteiger partial charge in [0.05, 0.1) is 27.2 Å². The van der Waals surface area contributed by atoms with Crippen molar-refractivity contribution in [3.63, 3.8) is 0 Å². The molecule has 0 saturated carbocycles. The van der Waals surface area contributed by atoms with E-state index < -0.39 is 11.7 Å². The summed E-state index contributed by atoms with van der Waals surface area (Å²) >= 11 is 1.34. The first-order valence-electron chi connectivity index (χ1n) is 7.38. The molecule has 0 amide bonds. The van der Waals surface area contributed by atoms with Gasteiger partial charge in [0, 0.05) is 6.20 Å². The molecule has 4 rings (SSSR count). The van der Waals surface area contributed by atoms with Crippen molar-refractivity contribution in [3.05, 3.63) is 59.2 Å². The molecule has 8 heteroatoms. The lowest BCUT2D eigenvalue weighted by molar-refractivity contribution is -0.136. The van der Waals surface area contributed by atoms with Crippen LogP contribution in [0.2, 0.25) is 0 Å². The predicted octanol–water partition coefficient (Wildman–Crippen LogP) is 4.87. The molecule has 0 aliphatic heterocycles. The number of rotatable bonds is 2. The van der Waals surface area contributed by atoms with Crippen LogP contribution in [0.4, 0.5) is 13.2 Å². The Morgan fingerprint density at radius 2 is 1.96 bits per heavy atom. The molecule has 0 aliphatic rings. The molecule has 0 bridgehead atoms. The Morgan fingerprint density at radius 3 is 2.60 bits per heavy atom. The van der Waals surface area contributed by atoms with Gasteiger partial charge in [-0.15, -0.1) is 11.3 Å². The van der Waals surface area contributed by atoms with Crippen molar-refractivity contribution in [2.24, 2.45) is 0 Å². The van der Waals surface area contributed by atoms with Crippen LogP contribution in [0, 0.1) is 6.92 Å². The highest BCUT2D eigenvalue weighted by Gasteiger charge is 2.36. The summed E-state index contributed by atoms with van der Waals surface area (Å²) in [7, 11) is 0. The summed E-state index contributed by atoms with van der Waals surface area (Å²) in [5, 5.41) is 6.05. The average Bonchev–Trinajstić information content (AvgIpc) is 3.22. The third-order valence-corrected chi connectivity index (χ3v) is 4.65. The standard InChI is InChI=1S/C17H11F3N4S/c1-10-15-11(17(18,19)20)9-12(13-5-4-8-25-13)22-16(15)24(23-10)14-6-2-3-7-21-14/h2-9H,1H3. The van der Waals surface area contributed by atoms with Crippen LogP contribution in [0.15, 0.2) is 48.0 Å². The molecule has 4 aromatic rings. The van der Waals surface area contributed by atoms with Gasteiger partial charge in [-0.05, 0) is 36.6 Å². The van der Waals surface area contributed by atoms with Crippen LogP contribution in [0.1, 0.15) is 11.3 Å². The topological polar surface area (TPSA) is 43.6 Å². The number of aromatic nitrogens is 4. The first kappa shape index (κ1) is 15.8. The molecule has 0 fully saturated rings. The lowest BCUT2D eigenvalue weighted by atomic mass is 10.1. The molecule has 4 nitrogen and oxygen atoms in total. The van der Waals surface area contributed by atoms with Gasteiger partial charge in [-0.3, -0.25) is 0 Å². The maximum absolute atomic E-state index is 13.7. The SMILES string of the molecule is Cc1nn(-c2ccccn2)c2nc(-c3cccs3)cc(C(F)(F)F)c12. The van der Waals surface area contributed by atoms with Gasteiger partial charge in [-0.2, -0.15) is 23.0 Å². The van der Waals surface area contributed by atoms with Crippen molar-refractivity contribution < 1.29 is 13.2 Å². The molecule has 25 heavy (non-hydrogen) atoms. The molecule has 0 saturated heterocycles. The van der Waals surface area contributed by atoms with Gasteiger partial charge in [0.1, 0.15) is 0 Å². The quantitative estimate of drug-likeness (QED) is 0.512. The number of hydrogen-bond donors (Lipinski definition) is 0. The minimum absolute atomic E-state index is 0.00143. The van der Waals surface area contributed by atoms with Crippen LogP contribution in [0.5, 0.6) is 0 Å². The van der Waals surface area contributed by atoms with E-state index in [-0.39, 0.29) is 22.4 Å².